The number of carbonyl (C=O) groups excluding carboxylic acids is 4. The van der Waals surface area contributed by atoms with Crippen LogP contribution in [0.2, 0.25) is 0 Å². The standard InChI is InChI=1S/C47H37F6N3O6/c1-2-28-5-3-7-34(15-28)40(57)21-30-13-32(19-36(17-30)46(48,49)50)23-42(59)38-25-39(45(62-12-10-55)26-44(38)61-11-9-54)43(60)24-33-14-31(18-37(20-33)47(51,52)53)22-41(58)35-8-4-6-29(16-35)27-56/h1,3-8,13-20,25-26H,9-12,21-24,54-55H2. The van der Waals surface area contributed by atoms with E-state index in [-0.39, 0.29) is 87.9 Å². The largest absolute Gasteiger partial charge is 0.491 e. The third-order valence-corrected chi connectivity index (χ3v) is 9.32. The van der Waals surface area contributed by atoms with Gasteiger partial charge in [0.05, 0.1) is 33.9 Å². The molecule has 4 N–H and O–H groups in total. The number of Topliss-reactive ketones (excluding diaryl/α,β-unsaturated/α-hetero) is 4. The van der Waals surface area contributed by atoms with E-state index in [1.54, 1.807) is 6.07 Å². The Labute approximate surface area is 352 Å². The van der Waals surface area contributed by atoms with Crippen LogP contribution < -0.4 is 20.9 Å². The number of hydrogen-bond acceptors (Lipinski definition) is 9. The maximum Gasteiger partial charge on any atom is 0.416 e. The lowest BCUT2D eigenvalue weighted by atomic mass is 9.92. The van der Waals surface area contributed by atoms with Gasteiger partial charge in [0.1, 0.15) is 24.7 Å². The van der Waals surface area contributed by atoms with E-state index in [0.717, 1.165) is 30.3 Å². The summed E-state index contributed by atoms with van der Waals surface area (Å²) >= 11 is 0. The third-order valence-electron chi connectivity index (χ3n) is 9.32. The van der Waals surface area contributed by atoms with Crippen LogP contribution in [0.15, 0.2) is 97.1 Å². The fourth-order valence-corrected chi connectivity index (χ4v) is 6.52. The molecule has 62 heavy (non-hydrogen) atoms. The molecule has 0 spiro atoms. The molecule has 0 aliphatic carbocycles. The van der Waals surface area contributed by atoms with E-state index in [4.69, 9.17) is 27.4 Å². The van der Waals surface area contributed by atoms with Gasteiger partial charge in [0, 0.05) is 61.5 Å². The van der Waals surface area contributed by atoms with Crippen LogP contribution in [0.3, 0.4) is 0 Å². The highest BCUT2D eigenvalue weighted by atomic mass is 19.4. The van der Waals surface area contributed by atoms with E-state index in [2.05, 4.69) is 5.92 Å². The van der Waals surface area contributed by atoms with Gasteiger partial charge in [0.2, 0.25) is 0 Å². The zero-order valence-electron chi connectivity index (χ0n) is 32.8. The Kier molecular flexibility index (Phi) is 14.8. The van der Waals surface area contributed by atoms with Gasteiger partial charge >= 0.3 is 12.4 Å². The van der Waals surface area contributed by atoms with Crippen LogP contribution in [0.1, 0.15) is 85.9 Å². The summed E-state index contributed by atoms with van der Waals surface area (Å²) < 4.78 is 96.3. The highest BCUT2D eigenvalue weighted by Gasteiger charge is 2.33. The summed E-state index contributed by atoms with van der Waals surface area (Å²) in [5, 5.41) is 9.21. The monoisotopic (exact) mass is 853 g/mol. The number of nitrogens with zero attached hydrogens (tertiary/aromatic N) is 1. The first-order chi connectivity index (χ1) is 29.4. The van der Waals surface area contributed by atoms with Crippen LogP contribution in [-0.2, 0) is 38.0 Å². The number of hydrogen-bond donors (Lipinski definition) is 2. The predicted octanol–water partition coefficient (Wildman–Crippen LogP) is 7.95. The summed E-state index contributed by atoms with van der Waals surface area (Å²) in [6, 6.07) is 21.4. The summed E-state index contributed by atoms with van der Waals surface area (Å²) in [5.74, 6) is -0.685. The quantitative estimate of drug-likeness (QED) is 0.0506. The van der Waals surface area contributed by atoms with Crippen LogP contribution in [0.25, 0.3) is 0 Å². The van der Waals surface area contributed by atoms with E-state index in [0.29, 0.717) is 5.56 Å². The van der Waals surface area contributed by atoms with Gasteiger partial charge in [-0.25, -0.2) is 0 Å². The van der Waals surface area contributed by atoms with Gasteiger partial charge in [0.25, 0.3) is 0 Å². The van der Waals surface area contributed by atoms with Gasteiger partial charge in [-0.2, -0.15) is 31.6 Å². The van der Waals surface area contributed by atoms with Crippen molar-refractivity contribution in [2.45, 2.75) is 38.0 Å². The minimum Gasteiger partial charge on any atom is -0.491 e. The predicted molar refractivity (Wildman–Crippen MR) is 216 cm³/mol. The lowest BCUT2D eigenvalue weighted by molar-refractivity contribution is -0.138. The number of ether oxygens (including phenoxy) is 2. The van der Waals surface area contributed by atoms with Crippen molar-refractivity contribution >= 4 is 23.1 Å². The second-order valence-electron chi connectivity index (χ2n) is 14.0. The Morgan fingerprint density at radius 2 is 0.935 bits per heavy atom. The van der Waals surface area contributed by atoms with E-state index in [1.165, 1.54) is 60.7 Å². The Bertz CT molecular complexity index is 2430. The van der Waals surface area contributed by atoms with Gasteiger partial charge in [-0.05, 0) is 76.9 Å². The topological polar surface area (TPSA) is 163 Å². The first kappa shape index (κ1) is 46.0. The molecule has 0 fully saturated rings. The average molecular weight is 854 g/mol. The Morgan fingerprint density at radius 1 is 0.548 bits per heavy atom. The lowest BCUT2D eigenvalue weighted by Gasteiger charge is -2.18. The molecule has 15 heteroatoms. The number of benzene rings is 5. The smallest absolute Gasteiger partial charge is 0.416 e. The van der Waals surface area contributed by atoms with Gasteiger partial charge in [-0.15, -0.1) is 6.42 Å². The number of ketones is 4. The fraction of sp³-hybridized carbons (Fsp3) is 0.213. The van der Waals surface area contributed by atoms with Crippen molar-refractivity contribution in [3.63, 3.8) is 0 Å². The number of carbonyl (C=O) groups is 4. The van der Waals surface area contributed by atoms with Gasteiger partial charge in [-0.3, -0.25) is 19.2 Å². The summed E-state index contributed by atoms with van der Waals surface area (Å²) in [6.45, 7) is -0.364. The molecule has 5 aromatic carbocycles. The molecule has 0 aliphatic heterocycles. The van der Waals surface area contributed by atoms with Crippen molar-refractivity contribution in [3.05, 3.63) is 164 Å². The summed E-state index contributed by atoms with van der Waals surface area (Å²) in [6.07, 6.45) is -6.63. The minimum absolute atomic E-state index is 0.0350. The molecule has 0 radical (unpaired) electrons. The Balaban J connectivity index is 1.52. The fourth-order valence-electron chi connectivity index (χ4n) is 6.52. The van der Waals surface area contributed by atoms with E-state index in [9.17, 15) is 50.8 Å². The Morgan fingerprint density at radius 3 is 1.31 bits per heavy atom. The van der Waals surface area contributed by atoms with Crippen LogP contribution in [0, 0.1) is 23.7 Å². The van der Waals surface area contributed by atoms with Gasteiger partial charge in [0.15, 0.2) is 23.1 Å². The molecule has 0 saturated carbocycles. The molecule has 5 rings (SSSR count). The second kappa shape index (κ2) is 20.0. The van der Waals surface area contributed by atoms with Gasteiger partial charge in [-0.1, -0.05) is 42.3 Å². The SMILES string of the molecule is C#Cc1cccc(C(=O)Cc2cc(CC(=O)c3cc(C(=O)Cc4cc(CC(=O)c5cccc(C#N)c5)cc(C(F)(F)F)c4)c(OCCN)cc3OCCN)cc(C(F)(F)F)c2)c1. The van der Waals surface area contributed by atoms with Gasteiger partial charge < -0.3 is 20.9 Å². The molecule has 9 nitrogen and oxygen atoms in total. The van der Waals surface area contributed by atoms with E-state index < -0.39 is 72.3 Å². The van der Waals surface area contributed by atoms with E-state index in [1.807, 2.05) is 6.07 Å². The molecule has 0 heterocycles. The first-order valence-corrected chi connectivity index (χ1v) is 18.9. The highest BCUT2D eigenvalue weighted by molar-refractivity contribution is 6.06. The molecule has 0 atom stereocenters. The number of nitriles is 1. The third kappa shape index (κ3) is 12.0. The number of rotatable bonds is 18. The molecule has 0 amide bonds. The van der Waals surface area contributed by atoms with Crippen LogP contribution >= 0.6 is 0 Å². The summed E-state index contributed by atoms with van der Waals surface area (Å²) in [5.41, 5.74) is 8.90. The van der Waals surface area contributed by atoms with Crippen molar-refractivity contribution in [2.75, 3.05) is 26.3 Å². The maximum atomic E-state index is 14.1. The van der Waals surface area contributed by atoms with Crippen LogP contribution in [-0.4, -0.2) is 49.4 Å². The van der Waals surface area contributed by atoms with Crippen molar-refractivity contribution in [3.8, 4) is 29.9 Å². The van der Waals surface area contributed by atoms with Crippen LogP contribution in [0.4, 0.5) is 26.3 Å². The Hall–Kier alpha value is -7.07. The van der Waals surface area contributed by atoms with Crippen molar-refractivity contribution in [1.82, 2.24) is 0 Å². The molecular formula is C47H37F6N3O6. The van der Waals surface area contributed by atoms with Crippen molar-refractivity contribution in [2.24, 2.45) is 11.5 Å². The first-order valence-electron chi connectivity index (χ1n) is 18.9. The van der Waals surface area contributed by atoms with Crippen molar-refractivity contribution in [1.29, 1.82) is 5.26 Å². The van der Waals surface area contributed by atoms with Crippen LogP contribution in [0.5, 0.6) is 11.5 Å². The van der Waals surface area contributed by atoms with Crippen molar-refractivity contribution < 1.29 is 55.0 Å². The highest BCUT2D eigenvalue weighted by Crippen LogP contribution is 2.35. The average Bonchev–Trinajstić information content (AvgIpc) is 3.23. The normalized spacial score (nSPS) is 11.3. The number of terminal acetylenes is 1. The minimum atomic E-state index is -4.88. The number of nitrogens with two attached hydrogens (primary N) is 2. The zero-order chi connectivity index (χ0) is 45.2. The summed E-state index contributed by atoms with van der Waals surface area (Å²) in [7, 11) is 0. The number of halogens is 6. The lowest BCUT2D eigenvalue weighted by Crippen LogP contribution is -2.18. The molecule has 0 aliphatic rings. The second-order valence-corrected chi connectivity index (χ2v) is 14.0. The molecule has 0 bridgehead atoms. The van der Waals surface area contributed by atoms with E-state index >= 15 is 0 Å². The molecule has 0 saturated heterocycles. The zero-order valence-corrected chi connectivity index (χ0v) is 32.8. The molecule has 0 unspecified atom stereocenters. The molecule has 318 valence electrons. The molecular weight excluding hydrogens is 817 g/mol. The summed E-state index contributed by atoms with van der Waals surface area (Å²) in [4.78, 5) is 54.4. The number of alkyl halides is 6. The molecule has 0 aromatic heterocycles. The maximum absolute atomic E-state index is 14.1. The molecule has 5 aromatic rings.